The molecule has 4 fully saturated rings. The maximum atomic E-state index is 11.5. The number of esters is 1. The highest BCUT2D eigenvalue weighted by molar-refractivity contribution is 5.66. The first-order valence-electron chi connectivity index (χ1n) is 10.1. The molecule has 0 aromatic heterocycles. The molecule has 8 atom stereocenters. The molecule has 3 heteroatoms. The fourth-order valence-corrected chi connectivity index (χ4v) is 7.71. The number of hydrogen-bond acceptors (Lipinski definition) is 3. The molecule has 0 amide bonds. The third-order valence-electron chi connectivity index (χ3n) is 8.81. The van der Waals surface area contributed by atoms with Crippen LogP contribution in [0.1, 0.15) is 72.1 Å². The van der Waals surface area contributed by atoms with Crippen molar-refractivity contribution in [1.29, 1.82) is 0 Å². The van der Waals surface area contributed by atoms with Crippen LogP contribution in [0.4, 0.5) is 0 Å². The number of hydrogen-bond donors (Lipinski definition) is 1. The van der Waals surface area contributed by atoms with E-state index in [2.05, 4.69) is 19.8 Å². The van der Waals surface area contributed by atoms with Crippen molar-refractivity contribution in [3.05, 3.63) is 0 Å². The summed E-state index contributed by atoms with van der Waals surface area (Å²) in [7, 11) is 0. The van der Waals surface area contributed by atoms with Gasteiger partial charge in [0.05, 0.1) is 0 Å². The number of ether oxygens (including phenoxy) is 1. The molecular weight excluding hydrogens is 312 g/mol. The van der Waals surface area contributed by atoms with Gasteiger partial charge in [-0.1, -0.05) is 19.8 Å². The van der Waals surface area contributed by atoms with Gasteiger partial charge in [0.25, 0.3) is 0 Å². The molecule has 0 heterocycles. The third kappa shape index (κ3) is 2.40. The standard InChI is InChI=1S/C22H32O3/c1-5-22(24)12-15-6-7-16-17-8-9-19(25-14(2)23)20(17,3)11-10-18(16)21(15,4)13-22/h1,15-19,24H,6-13H2,2-4H3/t15-,16-,17-,18-,19-,20-,21-,22+/m0/s1. The molecule has 0 radical (unpaired) electrons. The summed E-state index contributed by atoms with van der Waals surface area (Å²) in [5.74, 6) is 5.12. The van der Waals surface area contributed by atoms with Gasteiger partial charge in [0, 0.05) is 12.3 Å². The monoisotopic (exact) mass is 344 g/mol. The molecule has 1 N–H and O–H groups in total. The zero-order valence-electron chi connectivity index (χ0n) is 15.9. The minimum Gasteiger partial charge on any atom is -0.462 e. The van der Waals surface area contributed by atoms with Crippen LogP contribution in [0, 0.1) is 46.8 Å². The summed E-state index contributed by atoms with van der Waals surface area (Å²) in [4.78, 5) is 11.5. The first-order chi connectivity index (χ1) is 11.7. The van der Waals surface area contributed by atoms with Crippen molar-refractivity contribution in [2.45, 2.75) is 83.8 Å². The van der Waals surface area contributed by atoms with E-state index in [1.54, 1.807) is 0 Å². The largest absolute Gasteiger partial charge is 0.462 e. The third-order valence-corrected chi connectivity index (χ3v) is 8.81. The molecule has 0 aromatic rings. The van der Waals surface area contributed by atoms with E-state index in [1.165, 1.54) is 32.6 Å². The van der Waals surface area contributed by atoms with Crippen LogP contribution in [-0.2, 0) is 9.53 Å². The Balaban J connectivity index is 1.60. The molecular formula is C22H32O3. The Hall–Kier alpha value is -1.01. The fraction of sp³-hybridized carbons (Fsp3) is 0.864. The minimum atomic E-state index is -0.898. The summed E-state index contributed by atoms with van der Waals surface area (Å²) < 4.78 is 5.72. The maximum Gasteiger partial charge on any atom is 0.302 e. The second-order valence-electron chi connectivity index (χ2n) is 9.93. The molecule has 4 aliphatic carbocycles. The Kier molecular flexibility index (Phi) is 3.82. The molecule has 0 aromatic carbocycles. The number of rotatable bonds is 1. The summed E-state index contributed by atoms with van der Waals surface area (Å²) in [6, 6.07) is 0. The molecule has 138 valence electrons. The topological polar surface area (TPSA) is 46.5 Å². The smallest absolute Gasteiger partial charge is 0.302 e. The lowest BCUT2D eigenvalue weighted by atomic mass is 9.48. The highest BCUT2D eigenvalue weighted by Crippen LogP contribution is 2.68. The molecule has 4 rings (SSSR count). The van der Waals surface area contributed by atoms with E-state index in [0.717, 1.165) is 25.7 Å². The van der Waals surface area contributed by atoms with Gasteiger partial charge in [-0.25, -0.2) is 0 Å². The number of fused-ring (bicyclic) bond motifs is 5. The minimum absolute atomic E-state index is 0.0905. The highest BCUT2D eigenvalue weighted by Gasteiger charge is 2.63. The van der Waals surface area contributed by atoms with Crippen molar-refractivity contribution in [1.82, 2.24) is 0 Å². The molecule has 4 aliphatic rings. The number of carbonyl (C=O) groups is 1. The van der Waals surface area contributed by atoms with Gasteiger partial charge in [0.15, 0.2) is 0 Å². The van der Waals surface area contributed by atoms with E-state index < -0.39 is 5.60 Å². The number of terminal acetylenes is 1. The van der Waals surface area contributed by atoms with E-state index in [1.807, 2.05) is 0 Å². The zero-order chi connectivity index (χ0) is 18.0. The summed E-state index contributed by atoms with van der Waals surface area (Å²) in [6.45, 7) is 6.29. The summed E-state index contributed by atoms with van der Waals surface area (Å²) >= 11 is 0. The summed E-state index contributed by atoms with van der Waals surface area (Å²) in [6.07, 6.45) is 14.2. The molecule has 4 saturated carbocycles. The molecule has 3 nitrogen and oxygen atoms in total. The van der Waals surface area contributed by atoms with Crippen molar-refractivity contribution >= 4 is 5.97 Å². The maximum absolute atomic E-state index is 11.5. The van der Waals surface area contributed by atoms with E-state index in [-0.39, 0.29) is 22.9 Å². The lowest BCUT2D eigenvalue weighted by Gasteiger charge is -2.57. The molecule has 0 spiro atoms. The van der Waals surface area contributed by atoms with Gasteiger partial charge in [0.1, 0.15) is 11.7 Å². The van der Waals surface area contributed by atoms with Crippen LogP contribution in [-0.4, -0.2) is 22.8 Å². The van der Waals surface area contributed by atoms with Crippen LogP contribution < -0.4 is 0 Å². The van der Waals surface area contributed by atoms with Crippen LogP contribution in [0.5, 0.6) is 0 Å². The first kappa shape index (κ1) is 17.4. The Morgan fingerprint density at radius 1 is 1.12 bits per heavy atom. The average molecular weight is 344 g/mol. The molecule has 25 heavy (non-hydrogen) atoms. The van der Waals surface area contributed by atoms with Crippen molar-refractivity contribution in [2.75, 3.05) is 0 Å². The lowest BCUT2D eigenvalue weighted by molar-refractivity contribution is -0.159. The second-order valence-corrected chi connectivity index (χ2v) is 9.93. The van der Waals surface area contributed by atoms with E-state index in [9.17, 15) is 9.90 Å². The van der Waals surface area contributed by atoms with Gasteiger partial charge in [-0.3, -0.25) is 4.79 Å². The van der Waals surface area contributed by atoms with Crippen molar-refractivity contribution in [3.8, 4) is 12.3 Å². The first-order valence-corrected chi connectivity index (χ1v) is 10.1. The SMILES string of the molecule is C#C[C@@]1(O)C[C@@H]2CC[C@@H]3[C@H](CC[C@]4(C)[C@@H](OC(C)=O)CC[C@@H]34)[C@@]2(C)C1. The van der Waals surface area contributed by atoms with Gasteiger partial charge in [-0.2, -0.15) is 0 Å². The van der Waals surface area contributed by atoms with E-state index >= 15 is 0 Å². The van der Waals surface area contributed by atoms with Crippen LogP contribution in [0.3, 0.4) is 0 Å². The van der Waals surface area contributed by atoms with Crippen molar-refractivity contribution in [3.63, 3.8) is 0 Å². The van der Waals surface area contributed by atoms with E-state index in [4.69, 9.17) is 11.2 Å². The Morgan fingerprint density at radius 2 is 1.84 bits per heavy atom. The van der Waals surface area contributed by atoms with Gasteiger partial charge >= 0.3 is 5.97 Å². The van der Waals surface area contributed by atoms with Crippen molar-refractivity contribution < 1.29 is 14.6 Å². The predicted molar refractivity (Wildman–Crippen MR) is 96.4 cm³/mol. The Morgan fingerprint density at radius 3 is 2.52 bits per heavy atom. The molecule has 0 unspecified atom stereocenters. The molecule has 0 aliphatic heterocycles. The average Bonchev–Trinajstić information content (AvgIpc) is 3.01. The lowest BCUT2D eigenvalue weighted by Crippen LogP contribution is -2.51. The zero-order valence-corrected chi connectivity index (χ0v) is 15.9. The molecule has 0 bridgehead atoms. The van der Waals surface area contributed by atoms with Crippen LogP contribution >= 0.6 is 0 Å². The quantitative estimate of drug-likeness (QED) is 0.579. The van der Waals surface area contributed by atoms with Gasteiger partial charge in [-0.15, -0.1) is 6.42 Å². The number of aliphatic hydroxyl groups is 1. The fourth-order valence-electron chi connectivity index (χ4n) is 7.71. The second kappa shape index (κ2) is 5.49. The predicted octanol–water partition coefficient (Wildman–Crippen LogP) is 3.94. The van der Waals surface area contributed by atoms with Crippen LogP contribution in [0.15, 0.2) is 0 Å². The Labute approximate surface area is 151 Å². The molecule has 0 saturated heterocycles. The van der Waals surface area contributed by atoms with Crippen LogP contribution in [0.2, 0.25) is 0 Å². The summed E-state index contributed by atoms with van der Waals surface area (Å²) in [5.41, 5.74) is -0.590. The highest BCUT2D eigenvalue weighted by atomic mass is 16.5. The van der Waals surface area contributed by atoms with Gasteiger partial charge in [-0.05, 0) is 80.5 Å². The van der Waals surface area contributed by atoms with Crippen molar-refractivity contribution in [2.24, 2.45) is 34.5 Å². The van der Waals surface area contributed by atoms with Gasteiger partial charge in [0.2, 0.25) is 0 Å². The normalized spacial score (nSPS) is 54.1. The Bertz CT molecular complexity index is 621. The van der Waals surface area contributed by atoms with Gasteiger partial charge < -0.3 is 9.84 Å². The van der Waals surface area contributed by atoms with E-state index in [0.29, 0.717) is 23.7 Å². The number of carbonyl (C=O) groups excluding carboxylic acids is 1. The van der Waals surface area contributed by atoms with Crippen LogP contribution in [0.25, 0.3) is 0 Å². The summed E-state index contributed by atoms with van der Waals surface area (Å²) in [5, 5.41) is 10.8.